The highest BCUT2D eigenvalue weighted by Crippen LogP contribution is 2.24. The summed E-state index contributed by atoms with van der Waals surface area (Å²) in [5.74, 6) is -0.281. The number of hydrogen-bond donors (Lipinski definition) is 3. The molecule has 0 saturated heterocycles. The van der Waals surface area contributed by atoms with Crippen molar-refractivity contribution in [2.45, 2.75) is 6.92 Å². The fourth-order valence-electron chi connectivity index (χ4n) is 1.58. The Bertz CT molecular complexity index is 641. The van der Waals surface area contributed by atoms with Gasteiger partial charge in [0.1, 0.15) is 5.75 Å². The van der Waals surface area contributed by atoms with Crippen LogP contribution in [0.15, 0.2) is 36.4 Å². The van der Waals surface area contributed by atoms with E-state index in [0.29, 0.717) is 27.5 Å². The summed E-state index contributed by atoms with van der Waals surface area (Å²) in [5.41, 5.74) is 7.67. The van der Waals surface area contributed by atoms with Gasteiger partial charge in [0.2, 0.25) is 0 Å². The van der Waals surface area contributed by atoms with Crippen LogP contribution in [-0.4, -0.2) is 11.0 Å². The monoisotopic (exact) mass is 276 g/mol. The summed E-state index contributed by atoms with van der Waals surface area (Å²) in [7, 11) is 0. The summed E-state index contributed by atoms with van der Waals surface area (Å²) >= 11 is 5.85. The van der Waals surface area contributed by atoms with Gasteiger partial charge in [0.25, 0.3) is 5.91 Å². The van der Waals surface area contributed by atoms with E-state index in [1.54, 1.807) is 37.3 Å². The number of nitrogens with one attached hydrogen (secondary N) is 1. The number of carbonyl (C=O) groups excluding carboxylic acids is 1. The zero-order valence-corrected chi connectivity index (χ0v) is 11.0. The average molecular weight is 277 g/mol. The molecule has 1 amide bonds. The van der Waals surface area contributed by atoms with Gasteiger partial charge >= 0.3 is 0 Å². The van der Waals surface area contributed by atoms with E-state index in [9.17, 15) is 9.90 Å². The fourth-order valence-corrected chi connectivity index (χ4v) is 1.75. The molecule has 0 radical (unpaired) electrons. The maximum atomic E-state index is 12.0. The first-order valence-corrected chi connectivity index (χ1v) is 6.01. The highest BCUT2D eigenvalue weighted by atomic mass is 35.5. The van der Waals surface area contributed by atoms with Gasteiger partial charge in [0.15, 0.2) is 0 Å². The average Bonchev–Trinajstić information content (AvgIpc) is 2.37. The molecule has 0 aromatic heterocycles. The molecule has 4 N–H and O–H groups in total. The smallest absolute Gasteiger partial charge is 0.255 e. The summed E-state index contributed by atoms with van der Waals surface area (Å²) in [6.07, 6.45) is 0. The molecule has 0 bridgehead atoms. The molecule has 19 heavy (non-hydrogen) atoms. The maximum absolute atomic E-state index is 12.0. The van der Waals surface area contributed by atoms with Crippen LogP contribution in [0.1, 0.15) is 15.9 Å². The Hall–Kier alpha value is -2.20. The molecule has 0 aliphatic heterocycles. The van der Waals surface area contributed by atoms with Gasteiger partial charge in [-0.25, -0.2) is 0 Å². The van der Waals surface area contributed by atoms with E-state index >= 15 is 0 Å². The lowest BCUT2D eigenvalue weighted by Crippen LogP contribution is -2.13. The third-order valence-electron chi connectivity index (χ3n) is 2.73. The summed E-state index contributed by atoms with van der Waals surface area (Å²) in [6, 6.07) is 9.54. The number of aromatic hydroxyl groups is 1. The third kappa shape index (κ3) is 2.98. The van der Waals surface area contributed by atoms with Crippen LogP contribution in [0.3, 0.4) is 0 Å². The minimum Gasteiger partial charge on any atom is -0.508 e. The van der Waals surface area contributed by atoms with Gasteiger partial charge < -0.3 is 16.2 Å². The number of halogens is 1. The molecular formula is C14H13ClN2O2. The van der Waals surface area contributed by atoms with Crippen molar-refractivity contribution in [1.82, 2.24) is 0 Å². The number of aryl methyl sites for hydroxylation is 1. The van der Waals surface area contributed by atoms with E-state index in [0.717, 1.165) is 0 Å². The van der Waals surface area contributed by atoms with Gasteiger partial charge in [0, 0.05) is 10.6 Å². The highest BCUT2D eigenvalue weighted by Gasteiger charge is 2.10. The van der Waals surface area contributed by atoms with Crippen LogP contribution >= 0.6 is 11.6 Å². The summed E-state index contributed by atoms with van der Waals surface area (Å²) in [5, 5.41) is 12.7. The van der Waals surface area contributed by atoms with Crippen molar-refractivity contribution in [2.24, 2.45) is 0 Å². The minimum atomic E-state index is -0.357. The predicted molar refractivity (Wildman–Crippen MR) is 76.7 cm³/mol. The van der Waals surface area contributed by atoms with Gasteiger partial charge in [-0.05, 0) is 42.8 Å². The van der Waals surface area contributed by atoms with Gasteiger partial charge in [-0.2, -0.15) is 0 Å². The van der Waals surface area contributed by atoms with E-state index in [-0.39, 0.29) is 11.7 Å². The second-order valence-electron chi connectivity index (χ2n) is 4.19. The van der Waals surface area contributed by atoms with Crippen LogP contribution in [0.5, 0.6) is 5.75 Å². The van der Waals surface area contributed by atoms with Crippen molar-refractivity contribution in [1.29, 1.82) is 0 Å². The summed E-state index contributed by atoms with van der Waals surface area (Å²) in [6.45, 7) is 1.76. The van der Waals surface area contributed by atoms with Crippen LogP contribution in [-0.2, 0) is 0 Å². The SMILES string of the molecule is Cc1ccc(C(=O)Nc2cc(Cl)ccc2N)cc1O. The van der Waals surface area contributed by atoms with Gasteiger partial charge in [-0.15, -0.1) is 0 Å². The molecule has 0 unspecified atom stereocenters. The van der Waals surface area contributed by atoms with Crippen LogP contribution in [0.2, 0.25) is 5.02 Å². The molecule has 98 valence electrons. The number of carbonyl (C=O) groups is 1. The predicted octanol–water partition coefficient (Wildman–Crippen LogP) is 3.19. The van der Waals surface area contributed by atoms with Crippen LogP contribution in [0.25, 0.3) is 0 Å². The molecule has 5 heteroatoms. The third-order valence-corrected chi connectivity index (χ3v) is 2.97. The van der Waals surface area contributed by atoms with Crippen molar-refractivity contribution in [3.05, 3.63) is 52.5 Å². The minimum absolute atomic E-state index is 0.0757. The molecule has 4 nitrogen and oxygen atoms in total. The number of benzene rings is 2. The van der Waals surface area contributed by atoms with E-state index in [1.165, 1.54) is 6.07 Å². The fraction of sp³-hybridized carbons (Fsp3) is 0.0714. The lowest BCUT2D eigenvalue weighted by Gasteiger charge is -2.09. The lowest BCUT2D eigenvalue weighted by atomic mass is 10.1. The Morgan fingerprint density at radius 3 is 2.68 bits per heavy atom. The van der Waals surface area contributed by atoms with Crippen LogP contribution < -0.4 is 11.1 Å². The number of hydrogen-bond acceptors (Lipinski definition) is 3. The highest BCUT2D eigenvalue weighted by molar-refractivity contribution is 6.31. The Morgan fingerprint density at radius 1 is 1.26 bits per heavy atom. The van der Waals surface area contributed by atoms with E-state index in [4.69, 9.17) is 17.3 Å². The van der Waals surface area contributed by atoms with Crippen molar-refractivity contribution in [2.75, 3.05) is 11.1 Å². The van der Waals surface area contributed by atoms with Crippen LogP contribution in [0, 0.1) is 6.92 Å². The first kappa shape index (κ1) is 13.2. The molecular weight excluding hydrogens is 264 g/mol. The van der Waals surface area contributed by atoms with Gasteiger partial charge in [-0.1, -0.05) is 17.7 Å². The maximum Gasteiger partial charge on any atom is 0.255 e. The lowest BCUT2D eigenvalue weighted by molar-refractivity contribution is 0.102. The van der Waals surface area contributed by atoms with Crippen molar-refractivity contribution < 1.29 is 9.90 Å². The molecule has 0 aliphatic rings. The Labute approximate surface area is 115 Å². The standard InChI is InChI=1S/C14H13ClN2O2/c1-8-2-3-9(6-13(8)18)14(19)17-12-7-10(15)4-5-11(12)16/h2-7,18H,16H2,1H3,(H,17,19). The van der Waals surface area contributed by atoms with Crippen molar-refractivity contribution >= 4 is 28.9 Å². The zero-order chi connectivity index (χ0) is 14.0. The van der Waals surface area contributed by atoms with Crippen molar-refractivity contribution in [3.63, 3.8) is 0 Å². The van der Waals surface area contributed by atoms with E-state index < -0.39 is 0 Å². The Morgan fingerprint density at radius 2 is 2.00 bits per heavy atom. The molecule has 0 saturated carbocycles. The quantitative estimate of drug-likeness (QED) is 0.737. The van der Waals surface area contributed by atoms with Gasteiger partial charge in [0.05, 0.1) is 11.4 Å². The Balaban J connectivity index is 2.25. The molecule has 0 spiro atoms. The number of nitrogen functional groups attached to an aromatic ring is 1. The summed E-state index contributed by atoms with van der Waals surface area (Å²) < 4.78 is 0. The number of rotatable bonds is 2. The molecule has 0 heterocycles. The topological polar surface area (TPSA) is 75.4 Å². The van der Waals surface area contributed by atoms with Crippen LogP contribution in [0.4, 0.5) is 11.4 Å². The molecule has 0 fully saturated rings. The summed E-state index contributed by atoms with van der Waals surface area (Å²) in [4.78, 5) is 12.0. The largest absolute Gasteiger partial charge is 0.508 e. The molecule has 2 rings (SSSR count). The van der Waals surface area contributed by atoms with E-state index in [2.05, 4.69) is 5.32 Å². The number of nitrogens with two attached hydrogens (primary N) is 1. The Kier molecular flexibility index (Phi) is 3.62. The molecule has 0 aliphatic carbocycles. The normalized spacial score (nSPS) is 10.2. The second-order valence-corrected chi connectivity index (χ2v) is 4.62. The number of anilines is 2. The second kappa shape index (κ2) is 5.20. The molecule has 2 aromatic rings. The number of phenols is 1. The molecule has 2 aromatic carbocycles. The first-order chi connectivity index (χ1) is 8.97. The van der Waals surface area contributed by atoms with E-state index in [1.807, 2.05) is 0 Å². The number of phenolic OH excluding ortho intramolecular Hbond substituents is 1. The molecule has 0 atom stereocenters. The van der Waals surface area contributed by atoms with Gasteiger partial charge in [-0.3, -0.25) is 4.79 Å². The zero-order valence-electron chi connectivity index (χ0n) is 10.3. The first-order valence-electron chi connectivity index (χ1n) is 5.63. The van der Waals surface area contributed by atoms with Crippen molar-refractivity contribution in [3.8, 4) is 5.75 Å². The number of amides is 1.